The number of hydrogen-bond acceptors (Lipinski definition) is 3. The van der Waals surface area contributed by atoms with Gasteiger partial charge in [-0.2, -0.15) is 0 Å². The van der Waals surface area contributed by atoms with E-state index >= 15 is 0 Å². The summed E-state index contributed by atoms with van der Waals surface area (Å²) in [6, 6.07) is 10.0. The van der Waals surface area contributed by atoms with E-state index < -0.39 is 0 Å². The molecule has 5 heteroatoms. The van der Waals surface area contributed by atoms with Gasteiger partial charge in [-0.05, 0) is 43.7 Å². The zero-order chi connectivity index (χ0) is 17.3. The van der Waals surface area contributed by atoms with Crippen LogP contribution in [0.25, 0.3) is 0 Å². The molecule has 0 N–H and O–H groups in total. The Kier molecular flexibility index (Phi) is 4.51. The lowest BCUT2D eigenvalue weighted by atomic mass is 10.0. The fraction of sp³-hybridized carbons (Fsp3) is 0.368. The summed E-state index contributed by atoms with van der Waals surface area (Å²) in [6.45, 7) is 3.28. The van der Waals surface area contributed by atoms with E-state index in [1.807, 2.05) is 27.1 Å². The predicted molar refractivity (Wildman–Crippen MR) is 93.0 cm³/mol. The number of halogens is 1. The van der Waals surface area contributed by atoms with Crippen LogP contribution >= 0.6 is 0 Å². The predicted octanol–water partition coefficient (Wildman–Crippen LogP) is 3.22. The first-order chi connectivity index (χ1) is 11.4. The van der Waals surface area contributed by atoms with Crippen LogP contribution in [0.15, 0.2) is 36.4 Å². The van der Waals surface area contributed by atoms with Crippen LogP contribution in [-0.4, -0.2) is 43.0 Å². The van der Waals surface area contributed by atoms with E-state index in [1.54, 1.807) is 17.0 Å². The summed E-state index contributed by atoms with van der Waals surface area (Å²) in [5, 5.41) is 0. The third kappa shape index (κ3) is 3.40. The number of nitrogens with zero attached hydrogens (tertiary/aromatic N) is 3. The number of benzene rings is 1. The van der Waals surface area contributed by atoms with Crippen LogP contribution in [-0.2, 0) is 0 Å². The highest BCUT2D eigenvalue weighted by molar-refractivity contribution is 5.94. The fourth-order valence-electron chi connectivity index (χ4n) is 3.13. The zero-order valence-electron chi connectivity index (χ0n) is 14.3. The molecule has 1 aromatic carbocycles. The topological polar surface area (TPSA) is 36.4 Å². The molecule has 1 fully saturated rings. The van der Waals surface area contributed by atoms with Gasteiger partial charge in [0.2, 0.25) is 0 Å². The highest BCUT2D eigenvalue weighted by Crippen LogP contribution is 2.29. The van der Waals surface area contributed by atoms with Gasteiger partial charge < -0.3 is 9.80 Å². The van der Waals surface area contributed by atoms with Gasteiger partial charge in [-0.1, -0.05) is 6.07 Å². The average Bonchev–Trinajstić information content (AvgIpc) is 3.03. The van der Waals surface area contributed by atoms with Crippen molar-refractivity contribution >= 4 is 11.6 Å². The molecular weight excluding hydrogens is 305 g/mol. The fourth-order valence-corrected chi connectivity index (χ4v) is 3.13. The van der Waals surface area contributed by atoms with Crippen LogP contribution in [0.5, 0.6) is 0 Å². The molecule has 1 amide bonds. The second-order valence-electron chi connectivity index (χ2n) is 6.53. The van der Waals surface area contributed by atoms with Gasteiger partial charge in [0.15, 0.2) is 0 Å². The maximum absolute atomic E-state index is 13.3. The molecular formula is C19H22FN3O. The molecule has 1 aliphatic rings. The molecule has 4 nitrogen and oxygen atoms in total. The van der Waals surface area contributed by atoms with Crippen LogP contribution < -0.4 is 4.90 Å². The molecule has 1 aromatic heterocycles. The van der Waals surface area contributed by atoms with Crippen molar-refractivity contribution in [3.63, 3.8) is 0 Å². The van der Waals surface area contributed by atoms with Gasteiger partial charge in [-0.25, -0.2) is 4.39 Å². The van der Waals surface area contributed by atoms with E-state index in [1.165, 1.54) is 12.1 Å². The lowest BCUT2D eigenvalue weighted by molar-refractivity contribution is 0.0790. The number of aryl methyl sites for hydroxylation is 1. The largest absolute Gasteiger partial charge is 0.378 e. The quantitative estimate of drug-likeness (QED) is 0.868. The van der Waals surface area contributed by atoms with E-state index in [0.717, 1.165) is 23.5 Å². The summed E-state index contributed by atoms with van der Waals surface area (Å²) >= 11 is 0. The first-order valence-electron chi connectivity index (χ1n) is 8.15. The van der Waals surface area contributed by atoms with E-state index in [-0.39, 0.29) is 17.6 Å². The van der Waals surface area contributed by atoms with Crippen molar-refractivity contribution in [2.45, 2.75) is 19.3 Å². The Morgan fingerprint density at radius 2 is 2.08 bits per heavy atom. The average molecular weight is 327 g/mol. The first-order valence-corrected chi connectivity index (χ1v) is 8.15. The first kappa shape index (κ1) is 16.4. The number of carbonyl (C=O) groups is 1. The number of likely N-dealkylation sites (tertiary alicyclic amines) is 1. The molecule has 1 saturated heterocycles. The molecule has 3 rings (SSSR count). The van der Waals surface area contributed by atoms with Crippen molar-refractivity contribution in [2.75, 3.05) is 32.1 Å². The van der Waals surface area contributed by atoms with E-state index in [2.05, 4.69) is 16.0 Å². The van der Waals surface area contributed by atoms with Gasteiger partial charge in [0, 0.05) is 55.7 Å². The molecule has 0 bridgehead atoms. The van der Waals surface area contributed by atoms with Crippen molar-refractivity contribution in [2.24, 2.45) is 0 Å². The Morgan fingerprint density at radius 1 is 1.29 bits per heavy atom. The molecule has 1 aliphatic heterocycles. The smallest absolute Gasteiger partial charge is 0.253 e. The second kappa shape index (κ2) is 6.59. The number of aromatic nitrogens is 1. The Labute approximate surface area is 141 Å². The Morgan fingerprint density at radius 3 is 2.79 bits per heavy atom. The highest BCUT2D eigenvalue weighted by atomic mass is 19.1. The lowest BCUT2D eigenvalue weighted by Gasteiger charge is -2.18. The Bertz CT molecular complexity index is 760. The van der Waals surface area contributed by atoms with Gasteiger partial charge in [-0.15, -0.1) is 0 Å². The molecule has 24 heavy (non-hydrogen) atoms. The standard InChI is InChI=1S/C19H22FN3O/c1-13-9-17(22(2)3)11-18(21-13)15-7-8-23(12-15)19(24)14-5-4-6-16(20)10-14/h4-6,9-11,15H,7-8,12H2,1-3H3/t15-/m1/s1. The molecule has 2 heterocycles. The summed E-state index contributed by atoms with van der Waals surface area (Å²) in [4.78, 5) is 21.1. The molecule has 0 spiro atoms. The SMILES string of the molecule is Cc1cc(N(C)C)cc([C@@H]2CCN(C(=O)c3cccc(F)c3)C2)n1. The van der Waals surface area contributed by atoms with Crippen LogP contribution in [0.2, 0.25) is 0 Å². The molecule has 0 saturated carbocycles. The summed E-state index contributed by atoms with van der Waals surface area (Å²) in [7, 11) is 4.01. The van der Waals surface area contributed by atoms with Crippen LogP contribution in [0, 0.1) is 12.7 Å². The molecule has 126 valence electrons. The second-order valence-corrected chi connectivity index (χ2v) is 6.53. The molecule has 2 aromatic rings. The van der Waals surface area contributed by atoms with Crippen LogP contribution in [0.1, 0.15) is 34.1 Å². The number of pyridine rings is 1. The summed E-state index contributed by atoms with van der Waals surface area (Å²) in [6.07, 6.45) is 0.879. The van der Waals surface area contributed by atoms with Gasteiger partial charge in [0.1, 0.15) is 5.82 Å². The number of hydrogen-bond donors (Lipinski definition) is 0. The van der Waals surface area contributed by atoms with Crippen molar-refractivity contribution < 1.29 is 9.18 Å². The normalized spacial score (nSPS) is 17.2. The van der Waals surface area contributed by atoms with Crippen LogP contribution in [0.4, 0.5) is 10.1 Å². The van der Waals surface area contributed by atoms with E-state index in [4.69, 9.17) is 0 Å². The van der Waals surface area contributed by atoms with Crippen LogP contribution in [0.3, 0.4) is 0 Å². The molecule has 1 atom stereocenters. The molecule has 0 unspecified atom stereocenters. The van der Waals surface area contributed by atoms with Crippen molar-refractivity contribution in [3.8, 4) is 0 Å². The van der Waals surface area contributed by atoms with Crippen molar-refractivity contribution in [3.05, 3.63) is 59.2 Å². The van der Waals surface area contributed by atoms with E-state index in [0.29, 0.717) is 18.7 Å². The number of carbonyl (C=O) groups excluding carboxylic acids is 1. The Hall–Kier alpha value is -2.43. The minimum absolute atomic E-state index is 0.113. The van der Waals surface area contributed by atoms with Gasteiger partial charge in [0.05, 0.1) is 0 Å². The van der Waals surface area contributed by atoms with Gasteiger partial charge >= 0.3 is 0 Å². The number of rotatable bonds is 3. The molecule has 0 radical (unpaired) electrons. The number of amides is 1. The minimum Gasteiger partial charge on any atom is -0.378 e. The van der Waals surface area contributed by atoms with Crippen molar-refractivity contribution in [1.29, 1.82) is 0 Å². The minimum atomic E-state index is -0.382. The monoisotopic (exact) mass is 327 g/mol. The third-order valence-electron chi connectivity index (χ3n) is 4.44. The van der Waals surface area contributed by atoms with Crippen molar-refractivity contribution in [1.82, 2.24) is 9.88 Å². The highest BCUT2D eigenvalue weighted by Gasteiger charge is 2.29. The van der Waals surface area contributed by atoms with Gasteiger partial charge in [0.25, 0.3) is 5.91 Å². The Balaban J connectivity index is 1.77. The number of anilines is 1. The third-order valence-corrected chi connectivity index (χ3v) is 4.44. The maximum Gasteiger partial charge on any atom is 0.253 e. The summed E-state index contributed by atoms with van der Waals surface area (Å²) < 4.78 is 13.3. The van der Waals surface area contributed by atoms with E-state index in [9.17, 15) is 9.18 Å². The molecule has 0 aliphatic carbocycles. The maximum atomic E-state index is 13.3. The zero-order valence-corrected chi connectivity index (χ0v) is 14.3. The van der Waals surface area contributed by atoms with Gasteiger partial charge in [-0.3, -0.25) is 9.78 Å². The summed E-state index contributed by atoms with van der Waals surface area (Å²) in [5.41, 5.74) is 3.52. The summed E-state index contributed by atoms with van der Waals surface area (Å²) in [5.74, 6) is -0.272. The lowest BCUT2D eigenvalue weighted by Crippen LogP contribution is -2.28.